The Hall–Kier alpha value is -2.62. The fraction of sp³-hybridized carbons (Fsp3) is 0.682. The van der Waals surface area contributed by atoms with Gasteiger partial charge in [-0.1, -0.05) is 116 Å². The number of carbonyl (C=O) groups excluding carboxylic acids is 2. The highest BCUT2D eigenvalue weighted by Gasteiger charge is 2.29. The molecule has 0 bridgehead atoms. The summed E-state index contributed by atoms with van der Waals surface area (Å²) in [6, 6.07) is 13.0. The molecule has 2 atom stereocenters. The molecule has 2 unspecified atom stereocenters. The van der Waals surface area contributed by atoms with Gasteiger partial charge in [0, 0.05) is 0 Å². The first-order chi connectivity index (χ1) is 23.3. The molecule has 2 fully saturated rings. The van der Waals surface area contributed by atoms with Crippen LogP contribution >= 0.6 is 0 Å². The van der Waals surface area contributed by atoms with Crippen LogP contribution in [0, 0.1) is 0 Å². The molecule has 2 aliphatic carbocycles. The number of benzene rings is 2. The summed E-state index contributed by atoms with van der Waals surface area (Å²) in [5.74, 6) is 1.25. The van der Waals surface area contributed by atoms with E-state index in [1.807, 2.05) is 26.0 Å². The minimum absolute atomic E-state index is 0.301. The van der Waals surface area contributed by atoms with Crippen molar-refractivity contribution in [1.29, 1.82) is 0 Å². The molecule has 48 heavy (non-hydrogen) atoms. The lowest BCUT2D eigenvalue weighted by atomic mass is 9.79. The predicted molar refractivity (Wildman–Crippen MR) is 199 cm³/mol. The summed E-state index contributed by atoms with van der Waals surface area (Å²) < 4.78 is 12.2. The van der Waals surface area contributed by atoms with E-state index in [1.54, 1.807) is 0 Å². The molecule has 4 rings (SSSR count). The number of rotatable bonds is 17. The molecule has 4 nitrogen and oxygen atoms in total. The first-order valence-electron chi connectivity index (χ1n) is 20.0. The van der Waals surface area contributed by atoms with Crippen molar-refractivity contribution in [3.8, 4) is 0 Å². The summed E-state index contributed by atoms with van der Waals surface area (Å²) in [6.45, 7) is 12.7. The van der Waals surface area contributed by atoms with E-state index in [1.165, 1.54) is 75.3 Å². The normalized spacial score (nSPS) is 17.4. The summed E-state index contributed by atoms with van der Waals surface area (Å²) >= 11 is 0. The number of carbonyl (C=O) groups is 2. The third-order valence-corrected chi connectivity index (χ3v) is 11.4. The van der Waals surface area contributed by atoms with Crippen molar-refractivity contribution >= 4 is 11.9 Å². The van der Waals surface area contributed by atoms with E-state index in [2.05, 4.69) is 52.0 Å². The Bertz CT molecular complexity index is 1170. The van der Waals surface area contributed by atoms with E-state index in [4.69, 9.17) is 9.47 Å². The van der Waals surface area contributed by atoms with Gasteiger partial charge in [0.05, 0.1) is 11.1 Å². The summed E-state index contributed by atoms with van der Waals surface area (Å²) in [4.78, 5) is 27.6. The minimum Gasteiger partial charge on any atom is -0.455 e. The van der Waals surface area contributed by atoms with Crippen molar-refractivity contribution in [1.82, 2.24) is 0 Å². The van der Waals surface area contributed by atoms with Crippen molar-refractivity contribution in [3.63, 3.8) is 0 Å². The molecule has 2 aromatic carbocycles. The van der Waals surface area contributed by atoms with Crippen molar-refractivity contribution in [3.05, 3.63) is 69.8 Å². The minimum atomic E-state index is -0.566. The zero-order valence-corrected chi connectivity index (χ0v) is 31.3. The van der Waals surface area contributed by atoms with Gasteiger partial charge in [0.2, 0.25) is 0 Å². The summed E-state index contributed by atoms with van der Waals surface area (Å²) in [7, 11) is 0. The first-order valence-corrected chi connectivity index (χ1v) is 20.0. The smallest absolute Gasteiger partial charge is 0.338 e. The van der Waals surface area contributed by atoms with Crippen LogP contribution < -0.4 is 0 Å². The van der Waals surface area contributed by atoms with Gasteiger partial charge in [-0.25, -0.2) is 9.59 Å². The number of hydrogen-bond acceptors (Lipinski definition) is 4. The second-order valence-corrected chi connectivity index (χ2v) is 15.1. The van der Waals surface area contributed by atoms with Crippen molar-refractivity contribution in [2.24, 2.45) is 0 Å². The van der Waals surface area contributed by atoms with Gasteiger partial charge in [-0.15, -0.1) is 0 Å². The second kappa shape index (κ2) is 19.5. The van der Waals surface area contributed by atoms with Crippen LogP contribution in [-0.4, -0.2) is 24.1 Å². The highest BCUT2D eigenvalue weighted by Crippen LogP contribution is 2.39. The van der Waals surface area contributed by atoms with Crippen LogP contribution in [0.2, 0.25) is 0 Å². The Morgan fingerprint density at radius 1 is 0.562 bits per heavy atom. The monoisotopic (exact) mass is 658 g/mol. The first kappa shape index (κ1) is 38.2. The number of ether oxygens (including phenoxy) is 2. The Balaban J connectivity index is 1.52. The Kier molecular flexibility index (Phi) is 15.5. The molecule has 0 saturated heterocycles. The van der Waals surface area contributed by atoms with Gasteiger partial charge in [0.1, 0.15) is 12.2 Å². The summed E-state index contributed by atoms with van der Waals surface area (Å²) in [5, 5.41) is 0. The molecule has 0 N–H and O–H groups in total. The molecular formula is C44H66O4. The molecular weight excluding hydrogens is 592 g/mol. The maximum Gasteiger partial charge on any atom is 0.338 e. The Morgan fingerprint density at radius 2 is 0.896 bits per heavy atom. The SMILES string of the molecule is CCCC(CCC)c1ccc(C(=O)OC(C)C(C)OC(=O)c2ccc(C(CCC)CCC)cc2C2CCCCC2)c(C2CCCCC2)c1. The van der Waals surface area contributed by atoms with E-state index in [0.29, 0.717) is 34.8 Å². The molecule has 2 saturated carbocycles. The third-order valence-electron chi connectivity index (χ3n) is 11.4. The molecule has 0 spiro atoms. The van der Waals surface area contributed by atoms with Gasteiger partial charge >= 0.3 is 11.9 Å². The zero-order chi connectivity index (χ0) is 34.5. The standard InChI is InChI=1S/C44H66O4/c1-7-17-33(18-8-2)37-25-27-39(41(29-37)35-21-13-11-14-22-35)43(45)47-31(5)32(6)48-44(46)40-28-26-38(34(19-9-3)20-10-4)30-42(40)36-23-15-12-16-24-36/h25-36H,7-24H2,1-6H3. The molecule has 0 aliphatic heterocycles. The van der Waals surface area contributed by atoms with Crippen LogP contribution in [0.1, 0.15) is 224 Å². The number of esters is 2. The van der Waals surface area contributed by atoms with Gasteiger partial charge in [-0.05, 0) is 123 Å². The average Bonchev–Trinajstić information content (AvgIpc) is 3.11. The van der Waals surface area contributed by atoms with Gasteiger partial charge < -0.3 is 9.47 Å². The molecule has 0 aromatic heterocycles. The predicted octanol–water partition coefficient (Wildman–Crippen LogP) is 12.9. The fourth-order valence-corrected chi connectivity index (χ4v) is 8.55. The topological polar surface area (TPSA) is 52.6 Å². The highest BCUT2D eigenvalue weighted by molar-refractivity contribution is 5.92. The van der Waals surface area contributed by atoms with Crippen molar-refractivity contribution < 1.29 is 19.1 Å². The maximum absolute atomic E-state index is 13.8. The molecule has 0 heterocycles. The van der Waals surface area contributed by atoms with E-state index in [9.17, 15) is 9.59 Å². The Morgan fingerprint density at radius 3 is 1.21 bits per heavy atom. The Labute approximate surface area is 293 Å². The number of hydrogen-bond donors (Lipinski definition) is 0. The second-order valence-electron chi connectivity index (χ2n) is 15.1. The van der Waals surface area contributed by atoms with E-state index >= 15 is 0 Å². The largest absolute Gasteiger partial charge is 0.455 e. The third kappa shape index (κ3) is 10.2. The molecule has 4 heteroatoms. The average molecular weight is 659 g/mol. The highest BCUT2D eigenvalue weighted by atomic mass is 16.6. The van der Waals surface area contributed by atoms with Crippen molar-refractivity contribution in [2.45, 2.75) is 193 Å². The lowest BCUT2D eigenvalue weighted by Crippen LogP contribution is -2.31. The lowest BCUT2D eigenvalue weighted by Gasteiger charge is -2.28. The van der Waals surface area contributed by atoms with Gasteiger partial charge in [-0.3, -0.25) is 0 Å². The summed E-state index contributed by atoms with van der Waals surface area (Å²) in [6.07, 6.45) is 20.1. The van der Waals surface area contributed by atoms with Gasteiger partial charge in [0.25, 0.3) is 0 Å². The van der Waals surface area contributed by atoms with Crippen LogP contribution in [0.5, 0.6) is 0 Å². The van der Waals surface area contributed by atoms with Gasteiger partial charge in [0.15, 0.2) is 0 Å². The summed E-state index contributed by atoms with van der Waals surface area (Å²) in [5.41, 5.74) is 6.42. The maximum atomic E-state index is 13.8. The molecule has 266 valence electrons. The van der Waals surface area contributed by atoms with E-state index in [-0.39, 0.29) is 11.9 Å². The van der Waals surface area contributed by atoms with E-state index < -0.39 is 12.2 Å². The van der Waals surface area contributed by atoms with Crippen LogP contribution in [0.4, 0.5) is 0 Å². The van der Waals surface area contributed by atoms with Crippen LogP contribution in [0.15, 0.2) is 36.4 Å². The molecule has 2 aliphatic rings. The van der Waals surface area contributed by atoms with Gasteiger partial charge in [-0.2, -0.15) is 0 Å². The zero-order valence-electron chi connectivity index (χ0n) is 31.3. The van der Waals surface area contributed by atoms with Crippen molar-refractivity contribution in [2.75, 3.05) is 0 Å². The van der Waals surface area contributed by atoms with E-state index in [0.717, 1.165) is 62.5 Å². The van der Waals surface area contributed by atoms with Crippen LogP contribution in [0.25, 0.3) is 0 Å². The lowest BCUT2D eigenvalue weighted by molar-refractivity contribution is -0.0241. The van der Waals surface area contributed by atoms with Crippen LogP contribution in [0.3, 0.4) is 0 Å². The molecule has 0 amide bonds. The fourth-order valence-electron chi connectivity index (χ4n) is 8.55. The van der Waals surface area contributed by atoms with Crippen LogP contribution in [-0.2, 0) is 9.47 Å². The molecule has 2 aromatic rings. The molecule has 0 radical (unpaired) electrons. The quantitative estimate of drug-likeness (QED) is 0.159.